The molecule has 2 aromatic carbocycles. The number of amides is 1. The van der Waals surface area contributed by atoms with E-state index in [1.807, 2.05) is 36.6 Å². The van der Waals surface area contributed by atoms with Crippen molar-refractivity contribution in [2.24, 2.45) is 0 Å². The summed E-state index contributed by atoms with van der Waals surface area (Å²) < 4.78 is 32.7. The average molecular weight is 421 g/mol. The molecule has 1 heterocycles. The van der Waals surface area contributed by atoms with Gasteiger partial charge in [-0.3, -0.25) is 4.79 Å². The number of benzene rings is 2. The van der Waals surface area contributed by atoms with Gasteiger partial charge in [0.1, 0.15) is 0 Å². The van der Waals surface area contributed by atoms with Crippen molar-refractivity contribution in [2.75, 3.05) is 39.6 Å². The van der Waals surface area contributed by atoms with Crippen LogP contribution in [-0.2, 0) is 21.3 Å². The summed E-state index contributed by atoms with van der Waals surface area (Å²) in [6.45, 7) is 2.28. The second kappa shape index (κ2) is 9.09. The normalized spacial score (nSPS) is 15.0. The molecule has 0 atom stereocenters. The standard InChI is InChI=1S/C20H24N2O4S2/c1-21(15-16-6-4-3-5-7-16)28(24,25)17-8-9-19(27-2)18(14-17)20(23)22-10-12-26-13-11-22/h3-9,14H,10-13,15H2,1-2H3. The minimum absolute atomic E-state index is 0.125. The van der Waals surface area contributed by atoms with Gasteiger partial charge >= 0.3 is 0 Å². The number of carbonyl (C=O) groups excluding carboxylic acids is 1. The Balaban J connectivity index is 1.89. The smallest absolute Gasteiger partial charge is 0.255 e. The minimum atomic E-state index is -3.72. The summed E-state index contributed by atoms with van der Waals surface area (Å²) in [7, 11) is -2.17. The maximum atomic E-state index is 13.1. The van der Waals surface area contributed by atoms with Crippen molar-refractivity contribution in [3.8, 4) is 0 Å². The number of nitrogens with zero attached hydrogens (tertiary/aromatic N) is 2. The van der Waals surface area contributed by atoms with Crippen LogP contribution in [0.1, 0.15) is 15.9 Å². The Bertz CT molecular complexity index is 926. The first kappa shape index (κ1) is 20.9. The fourth-order valence-electron chi connectivity index (χ4n) is 3.06. The predicted molar refractivity (Wildman–Crippen MR) is 110 cm³/mol. The third-order valence-corrected chi connectivity index (χ3v) is 7.25. The van der Waals surface area contributed by atoms with Crippen molar-refractivity contribution in [1.29, 1.82) is 0 Å². The maximum Gasteiger partial charge on any atom is 0.255 e. The topological polar surface area (TPSA) is 66.9 Å². The van der Waals surface area contributed by atoms with Crippen molar-refractivity contribution < 1.29 is 17.9 Å². The lowest BCUT2D eigenvalue weighted by Crippen LogP contribution is -2.41. The van der Waals surface area contributed by atoms with Gasteiger partial charge < -0.3 is 9.64 Å². The summed E-state index contributed by atoms with van der Waals surface area (Å²) in [6, 6.07) is 14.2. The van der Waals surface area contributed by atoms with Crippen LogP contribution >= 0.6 is 11.8 Å². The van der Waals surface area contributed by atoms with Crippen molar-refractivity contribution in [3.05, 3.63) is 59.7 Å². The monoisotopic (exact) mass is 420 g/mol. The van der Waals surface area contributed by atoms with Crippen molar-refractivity contribution in [1.82, 2.24) is 9.21 Å². The summed E-state index contributed by atoms with van der Waals surface area (Å²) in [5.74, 6) is -0.157. The first-order chi connectivity index (χ1) is 13.4. The fraction of sp³-hybridized carbons (Fsp3) is 0.350. The Labute approximate surface area is 170 Å². The third-order valence-electron chi connectivity index (χ3n) is 4.66. The molecule has 2 aromatic rings. The summed E-state index contributed by atoms with van der Waals surface area (Å²) in [4.78, 5) is 15.6. The van der Waals surface area contributed by atoms with Crippen molar-refractivity contribution in [2.45, 2.75) is 16.3 Å². The molecule has 3 rings (SSSR count). The number of carbonyl (C=O) groups is 1. The van der Waals surface area contributed by atoms with Crippen LogP contribution in [0.25, 0.3) is 0 Å². The van der Waals surface area contributed by atoms with Crippen LogP contribution in [-0.4, -0.2) is 63.1 Å². The number of hydrogen-bond donors (Lipinski definition) is 0. The highest BCUT2D eigenvalue weighted by molar-refractivity contribution is 7.98. The molecule has 28 heavy (non-hydrogen) atoms. The number of hydrogen-bond acceptors (Lipinski definition) is 5. The molecule has 150 valence electrons. The van der Waals surface area contributed by atoms with Gasteiger partial charge in [-0.15, -0.1) is 11.8 Å². The highest BCUT2D eigenvalue weighted by atomic mass is 32.2. The van der Waals surface area contributed by atoms with E-state index in [0.29, 0.717) is 31.9 Å². The number of sulfonamides is 1. The largest absolute Gasteiger partial charge is 0.378 e. The number of ether oxygens (including phenoxy) is 1. The van der Waals surface area contributed by atoms with Crippen LogP contribution in [0.15, 0.2) is 58.3 Å². The molecule has 0 saturated carbocycles. The maximum absolute atomic E-state index is 13.1. The number of rotatable bonds is 6. The van der Waals surface area contributed by atoms with E-state index in [-0.39, 0.29) is 17.3 Å². The van der Waals surface area contributed by atoms with Gasteiger partial charge in [-0.25, -0.2) is 8.42 Å². The number of thioether (sulfide) groups is 1. The molecule has 0 aliphatic carbocycles. The van der Waals surface area contributed by atoms with E-state index in [4.69, 9.17) is 4.74 Å². The average Bonchev–Trinajstić information content (AvgIpc) is 2.74. The Morgan fingerprint density at radius 2 is 1.82 bits per heavy atom. The molecule has 1 amide bonds. The molecule has 1 aliphatic rings. The highest BCUT2D eigenvalue weighted by Crippen LogP contribution is 2.27. The Morgan fingerprint density at radius 3 is 2.46 bits per heavy atom. The molecule has 0 aromatic heterocycles. The van der Waals surface area contributed by atoms with Crippen LogP contribution in [0.5, 0.6) is 0 Å². The van der Waals surface area contributed by atoms with Crippen LogP contribution in [0.3, 0.4) is 0 Å². The lowest BCUT2D eigenvalue weighted by Gasteiger charge is -2.27. The zero-order chi connectivity index (χ0) is 20.1. The molecule has 8 heteroatoms. The van der Waals surface area contributed by atoms with E-state index in [0.717, 1.165) is 10.5 Å². The quantitative estimate of drug-likeness (QED) is 0.672. The fourth-order valence-corrected chi connectivity index (χ4v) is 4.81. The van der Waals surface area contributed by atoms with E-state index >= 15 is 0 Å². The van der Waals surface area contributed by atoms with E-state index in [2.05, 4.69) is 0 Å². The highest BCUT2D eigenvalue weighted by Gasteiger charge is 2.26. The second-order valence-electron chi connectivity index (χ2n) is 6.51. The second-order valence-corrected chi connectivity index (χ2v) is 9.41. The predicted octanol–water partition coefficient (Wildman–Crippen LogP) is 2.70. The molecule has 0 radical (unpaired) electrons. The van der Waals surface area contributed by atoms with Gasteiger partial charge in [-0.1, -0.05) is 30.3 Å². The van der Waals surface area contributed by atoms with E-state index in [9.17, 15) is 13.2 Å². The van der Waals surface area contributed by atoms with Crippen LogP contribution in [0.4, 0.5) is 0 Å². The molecule has 6 nitrogen and oxygen atoms in total. The minimum Gasteiger partial charge on any atom is -0.378 e. The van der Waals surface area contributed by atoms with Crippen molar-refractivity contribution in [3.63, 3.8) is 0 Å². The van der Waals surface area contributed by atoms with Gasteiger partial charge in [0.15, 0.2) is 0 Å². The molecule has 0 N–H and O–H groups in total. The molecule has 1 aliphatic heterocycles. The summed E-state index contributed by atoms with van der Waals surface area (Å²) in [5.41, 5.74) is 1.32. The lowest BCUT2D eigenvalue weighted by atomic mass is 10.2. The van der Waals surface area contributed by atoms with Crippen molar-refractivity contribution >= 4 is 27.7 Å². The Morgan fingerprint density at radius 1 is 1.14 bits per heavy atom. The Hall–Kier alpha value is -1.87. The molecule has 1 fully saturated rings. The Kier molecular flexibility index (Phi) is 6.77. The van der Waals surface area contributed by atoms with Crippen LogP contribution < -0.4 is 0 Å². The molecule has 0 bridgehead atoms. The molecule has 1 saturated heterocycles. The molecular formula is C20H24N2O4S2. The molecule has 0 spiro atoms. The van der Waals surface area contributed by atoms with E-state index < -0.39 is 10.0 Å². The first-order valence-electron chi connectivity index (χ1n) is 8.99. The molecular weight excluding hydrogens is 396 g/mol. The van der Waals surface area contributed by atoms with Gasteiger partial charge in [0.05, 0.1) is 23.7 Å². The zero-order valence-corrected chi connectivity index (χ0v) is 17.6. The summed E-state index contributed by atoms with van der Waals surface area (Å²) >= 11 is 1.43. The zero-order valence-electron chi connectivity index (χ0n) is 16.0. The van der Waals surface area contributed by atoms with E-state index in [1.54, 1.807) is 24.1 Å². The SMILES string of the molecule is CSc1ccc(S(=O)(=O)N(C)Cc2ccccc2)cc1C(=O)N1CCOCC1. The third kappa shape index (κ3) is 4.57. The summed E-state index contributed by atoms with van der Waals surface area (Å²) in [5, 5.41) is 0. The van der Waals surface area contributed by atoms with Gasteiger partial charge in [0, 0.05) is 31.6 Å². The van der Waals surface area contributed by atoms with Crippen LogP contribution in [0.2, 0.25) is 0 Å². The number of morpholine rings is 1. The van der Waals surface area contributed by atoms with Crippen LogP contribution in [0, 0.1) is 0 Å². The lowest BCUT2D eigenvalue weighted by molar-refractivity contribution is 0.0300. The van der Waals surface area contributed by atoms with Gasteiger partial charge in [0.2, 0.25) is 10.0 Å². The summed E-state index contributed by atoms with van der Waals surface area (Å²) in [6.07, 6.45) is 1.88. The van der Waals surface area contributed by atoms with Gasteiger partial charge in [-0.05, 0) is 30.0 Å². The molecule has 0 unspecified atom stereocenters. The first-order valence-corrected chi connectivity index (χ1v) is 11.7. The van der Waals surface area contributed by atoms with Gasteiger partial charge in [-0.2, -0.15) is 4.31 Å². The van der Waals surface area contributed by atoms with E-state index in [1.165, 1.54) is 22.1 Å². The van der Waals surface area contributed by atoms with Gasteiger partial charge in [0.25, 0.3) is 5.91 Å².